The molecule has 1 rings (SSSR count). The average Bonchev–Trinajstić information content (AvgIpc) is 2.64. The number of hydrogen-bond acceptors (Lipinski definition) is 4. The molecule has 3 amide bonds. The van der Waals surface area contributed by atoms with Gasteiger partial charge in [0.2, 0.25) is 11.8 Å². The predicted molar refractivity (Wildman–Crippen MR) is 126 cm³/mol. The van der Waals surface area contributed by atoms with Gasteiger partial charge in [0.15, 0.2) is 0 Å². The molecule has 0 aliphatic rings. The van der Waals surface area contributed by atoms with Gasteiger partial charge in [0, 0.05) is 17.6 Å². The molecule has 1 aromatic carbocycles. The van der Waals surface area contributed by atoms with Crippen molar-refractivity contribution in [2.75, 3.05) is 6.54 Å². The van der Waals surface area contributed by atoms with E-state index in [2.05, 4.69) is 23.1 Å². The minimum absolute atomic E-state index is 0.0955. The quantitative estimate of drug-likeness (QED) is 0.500. The van der Waals surface area contributed by atoms with Crippen LogP contribution in [0.2, 0.25) is 0 Å². The lowest BCUT2D eigenvalue weighted by molar-refractivity contribution is -0.142. The van der Waals surface area contributed by atoms with Crippen LogP contribution in [0.15, 0.2) is 36.9 Å². The summed E-state index contributed by atoms with van der Waals surface area (Å²) >= 11 is 0. The lowest BCUT2D eigenvalue weighted by atomic mass is 9.99. The highest BCUT2D eigenvalue weighted by Crippen LogP contribution is 2.24. The maximum Gasteiger partial charge on any atom is 0.408 e. The summed E-state index contributed by atoms with van der Waals surface area (Å²) in [4.78, 5) is 40.2. The van der Waals surface area contributed by atoms with Gasteiger partial charge in [-0.2, -0.15) is 0 Å². The van der Waals surface area contributed by atoms with Gasteiger partial charge in [-0.25, -0.2) is 4.79 Å². The minimum atomic E-state index is -0.950. The molecule has 0 aliphatic carbocycles. The fraction of sp³-hybridized carbons (Fsp3) is 0.480. The first-order valence-corrected chi connectivity index (χ1v) is 10.5. The Morgan fingerprint density at radius 1 is 1.16 bits per heavy atom. The van der Waals surface area contributed by atoms with E-state index >= 15 is 0 Å². The molecule has 0 aromatic heterocycles. The number of alkyl carbamates (subject to hydrolysis) is 1. The summed E-state index contributed by atoms with van der Waals surface area (Å²) in [6.07, 6.45) is 6.26. The molecule has 0 bridgehead atoms. The largest absolute Gasteiger partial charge is 0.444 e. The number of rotatable bonds is 7. The first kappa shape index (κ1) is 26.8. The van der Waals surface area contributed by atoms with Gasteiger partial charge < -0.3 is 20.3 Å². The maximum absolute atomic E-state index is 13.3. The van der Waals surface area contributed by atoms with E-state index < -0.39 is 35.2 Å². The zero-order valence-corrected chi connectivity index (χ0v) is 20.1. The van der Waals surface area contributed by atoms with Gasteiger partial charge in [0.25, 0.3) is 0 Å². The van der Waals surface area contributed by atoms with Gasteiger partial charge in [-0.3, -0.25) is 9.59 Å². The van der Waals surface area contributed by atoms with Crippen LogP contribution in [0.3, 0.4) is 0 Å². The molecule has 0 radical (unpaired) electrons. The van der Waals surface area contributed by atoms with E-state index in [1.165, 1.54) is 11.0 Å². The monoisotopic (exact) mass is 441 g/mol. The maximum atomic E-state index is 13.3. The van der Waals surface area contributed by atoms with Crippen LogP contribution in [0.25, 0.3) is 0 Å². The highest BCUT2D eigenvalue weighted by molar-refractivity contribution is 5.92. The molecule has 0 fully saturated rings. The molecule has 174 valence electrons. The normalized spacial score (nSPS) is 13.2. The molecule has 0 spiro atoms. The molecule has 2 N–H and O–H groups in total. The zero-order chi connectivity index (χ0) is 24.7. The van der Waals surface area contributed by atoms with Crippen molar-refractivity contribution in [3.8, 4) is 12.3 Å². The number of carbonyl (C=O) groups excluding carboxylic acids is 3. The van der Waals surface area contributed by atoms with Crippen molar-refractivity contribution in [2.24, 2.45) is 0 Å². The van der Waals surface area contributed by atoms with E-state index in [0.717, 1.165) is 0 Å². The van der Waals surface area contributed by atoms with E-state index in [-0.39, 0.29) is 12.5 Å². The molecule has 7 nitrogen and oxygen atoms in total. The second-order valence-corrected chi connectivity index (χ2v) is 9.56. The zero-order valence-electron chi connectivity index (χ0n) is 20.1. The molecule has 2 atom stereocenters. The number of hydrogen-bond donors (Lipinski definition) is 2. The lowest BCUT2D eigenvalue weighted by Gasteiger charge is -2.34. The SMILES string of the molecule is C#Cc1ccc(C(C(=O)NC(C)(C)C)N(CC=C)C(=O)C(C)NC(=O)OC(C)(C)C)cc1. The molecule has 32 heavy (non-hydrogen) atoms. The number of terminal acetylenes is 1. The number of ether oxygens (including phenoxy) is 1. The van der Waals surface area contributed by atoms with Gasteiger partial charge in [-0.15, -0.1) is 13.0 Å². The lowest BCUT2D eigenvalue weighted by Crippen LogP contribution is -2.53. The van der Waals surface area contributed by atoms with Crippen molar-refractivity contribution < 1.29 is 19.1 Å². The third kappa shape index (κ3) is 8.46. The molecule has 0 saturated carbocycles. The van der Waals surface area contributed by atoms with Crippen LogP contribution >= 0.6 is 0 Å². The first-order chi connectivity index (χ1) is 14.7. The molecule has 0 heterocycles. The number of nitrogens with one attached hydrogen (secondary N) is 2. The molecular weight excluding hydrogens is 406 g/mol. The van der Waals surface area contributed by atoms with Crippen LogP contribution in [-0.2, 0) is 14.3 Å². The van der Waals surface area contributed by atoms with Crippen LogP contribution in [0.1, 0.15) is 65.6 Å². The Labute approximate surface area is 191 Å². The molecule has 1 aromatic rings. The average molecular weight is 442 g/mol. The van der Waals surface area contributed by atoms with Crippen molar-refractivity contribution in [3.05, 3.63) is 48.0 Å². The third-order valence-corrected chi connectivity index (χ3v) is 4.16. The predicted octanol–water partition coefficient (Wildman–Crippen LogP) is 3.55. The molecular formula is C25H35N3O4. The van der Waals surface area contributed by atoms with Gasteiger partial charge in [0.1, 0.15) is 17.7 Å². The Morgan fingerprint density at radius 2 is 1.72 bits per heavy atom. The van der Waals surface area contributed by atoms with E-state index in [4.69, 9.17) is 11.2 Å². The smallest absolute Gasteiger partial charge is 0.408 e. The fourth-order valence-electron chi connectivity index (χ4n) is 2.93. The van der Waals surface area contributed by atoms with Crippen molar-refractivity contribution >= 4 is 17.9 Å². The highest BCUT2D eigenvalue weighted by atomic mass is 16.6. The number of nitrogens with zero attached hydrogens (tertiary/aromatic N) is 1. The number of carbonyl (C=O) groups is 3. The Kier molecular flexibility index (Phi) is 9.08. The molecule has 0 aliphatic heterocycles. The summed E-state index contributed by atoms with van der Waals surface area (Å²) in [5.41, 5.74) is 0.0227. The topological polar surface area (TPSA) is 87.7 Å². The summed E-state index contributed by atoms with van der Waals surface area (Å²) in [6.45, 7) is 16.1. The summed E-state index contributed by atoms with van der Waals surface area (Å²) < 4.78 is 5.24. The summed E-state index contributed by atoms with van der Waals surface area (Å²) in [6, 6.07) is 4.99. The Balaban J connectivity index is 3.31. The van der Waals surface area contributed by atoms with E-state index in [1.54, 1.807) is 52.0 Å². The van der Waals surface area contributed by atoms with Crippen LogP contribution in [0.5, 0.6) is 0 Å². The van der Waals surface area contributed by atoms with Crippen LogP contribution in [0.4, 0.5) is 4.79 Å². The van der Waals surface area contributed by atoms with Crippen molar-refractivity contribution in [3.63, 3.8) is 0 Å². The van der Waals surface area contributed by atoms with Gasteiger partial charge >= 0.3 is 6.09 Å². The van der Waals surface area contributed by atoms with Gasteiger partial charge in [0.05, 0.1) is 0 Å². The minimum Gasteiger partial charge on any atom is -0.444 e. The van der Waals surface area contributed by atoms with E-state index in [9.17, 15) is 14.4 Å². The van der Waals surface area contributed by atoms with E-state index in [1.807, 2.05) is 20.8 Å². The standard InChI is InChI=1S/C25H35N3O4/c1-10-16-28(22(30)17(3)26-23(31)32-25(7,8)9)20(21(29)27-24(4,5)6)19-14-12-18(11-2)13-15-19/h2,10,12-15,17,20H,1,16H2,3-9H3,(H,26,31)(H,27,29). The second kappa shape index (κ2) is 10.9. The third-order valence-electron chi connectivity index (χ3n) is 4.16. The van der Waals surface area contributed by atoms with Crippen molar-refractivity contribution in [2.45, 2.75) is 71.7 Å². The van der Waals surface area contributed by atoms with Crippen LogP contribution in [0, 0.1) is 12.3 Å². The summed E-state index contributed by atoms with van der Waals surface area (Å²) in [5.74, 6) is 1.73. The van der Waals surface area contributed by atoms with Crippen LogP contribution < -0.4 is 10.6 Å². The highest BCUT2D eigenvalue weighted by Gasteiger charge is 2.35. The molecule has 0 saturated heterocycles. The van der Waals surface area contributed by atoms with Crippen LogP contribution in [-0.4, -0.2) is 46.5 Å². The Hall–Kier alpha value is -3.27. The number of benzene rings is 1. The molecule has 2 unspecified atom stereocenters. The fourth-order valence-corrected chi connectivity index (χ4v) is 2.93. The van der Waals surface area contributed by atoms with E-state index in [0.29, 0.717) is 11.1 Å². The van der Waals surface area contributed by atoms with Crippen molar-refractivity contribution in [1.29, 1.82) is 0 Å². The second-order valence-electron chi connectivity index (χ2n) is 9.56. The Bertz CT molecular complexity index is 870. The number of amides is 3. The first-order valence-electron chi connectivity index (χ1n) is 10.5. The summed E-state index contributed by atoms with van der Waals surface area (Å²) in [5, 5.41) is 5.47. The van der Waals surface area contributed by atoms with Gasteiger partial charge in [-0.1, -0.05) is 24.1 Å². The Morgan fingerprint density at radius 3 is 2.16 bits per heavy atom. The van der Waals surface area contributed by atoms with Gasteiger partial charge in [-0.05, 0) is 66.2 Å². The van der Waals surface area contributed by atoms with Crippen molar-refractivity contribution in [1.82, 2.24) is 15.5 Å². The molecule has 7 heteroatoms. The summed E-state index contributed by atoms with van der Waals surface area (Å²) in [7, 11) is 0.